The maximum Gasteiger partial charge on any atom is 0.128 e. The second-order valence-corrected chi connectivity index (χ2v) is 3.42. The van der Waals surface area contributed by atoms with Crippen LogP contribution in [0.25, 0.3) is 0 Å². The van der Waals surface area contributed by atoms with Gasteiger partial charge in [-0.2, -0.15) is 0 Å². The predicted molar refractivity (Wildman–Crippen MR) is 41.7 cm³/mol. The highest BCUT2D eigenvalue weighted by Crippen LogP contribution is 2.35. The number of alkyl halides is 1. The van der Waals surface area contributed by atoms with E-state index in [1.807, 2.05) is 0 Å². The number of hydrogen-bond donors (Lipinski definition) is 0. The summed E-state index contributed by atoms with van der Waals surface area (Å²) in [4.78, 5) is 0. The molecule has 1 aliphatic carbocycles. The van der Waals surface area contributed by atoms with Crippen LogP contribution in [0, 0.1) is 5.92 Å². The third kappa shape index (κ3) is 1.59. The molecular formula is C9H15F. The van der Waals surface area contributed by atoms with E-state index in [9.17, 15) is 4.39 Å². The maximum absolute atomic E-state index is 13.4. The SMILES string of the molecule is C=CC1(F)CCC(C)CC1. The van der Waals surface area contributed by atoms with Crippen LogP contribution in [0.5, 0.6) is 0 Å². The lowest BCUT2D eigenvalue weighted by atomic mass is 9.81. The van der Waals surface area contributed by atoms with Gasteiger partial charge >= 0.3 is 0 Å². The molecule has 0 aliphatic heterocycles. The smallest absolute Gasteiger partial charge is 0.128 e. The molecular weight excluding hydrogens is 127 g/mol. The van der Waals surface area contributed by atoms with E-state index < -0.39 is 5.67 Å². The molecule has 0 heterocycles. The molecule has 1 heteroatoms. The Balaban J connectivity index is 2.46. The first kappa shape index (κ1) is 7.77. The van der Waals surface area contributed by atoms with Gasteiger partial charge in [0.25, 0.3) is 0 Å². The molecule has 1 saturated carbocycles. The quantitative estimate of drug-likeness (QED) is 0.493. The second kappa shape index (κ2) is 2.73. The van der Waals surface area contributed by atoms with Crippen LogP contribution in [0.2, 0.25) is 0 Å². The lowest BCUT2D eigenvalue weighted by molar-refractivity contribution is 0.139. The summed E-state index contributed by atoms with van der Waals surface area (Å²) in [6.45, 7) is 5.69. The zero-order valence-corrected chi connectivity index (χ0v) is 6.57. The molecule has 58 valence electrons. The summed E-state index contributed by atoms with van der Waals surface area (Å²) in [7, 11) is 0. The van der Waals surface area contributed by atoms with Crippen molar-refractivity contribution in [3.8, 4) is 0 Å². The molecule has 0 radical (unpaired) electrons. The molecule has 0 saturated heterocycles. The van der Waals surface area contributed by atoms with Gasteiger partial charge in [0.2, 0.25) is 0 Å². The van der Waals surface area contributed by atoms with Crippen molar-refractivity contribution >= 4 is 0 Å². The van der Waals surface area contributed by atoms with Gasteiger partial charge in [-0.15, -0.1) is 0 Å². The van der Waals surface area contributed by atoms with Gasteiger partial charge in [0.1, 0.15) is 5.67 Å². The van der Waals surface area contributed by atoms with Gasteiger partial charge in [-0.25, -0.2) is 4.39 Å². The van der Waals surface area contributed by atoms with Gasteiger partial charge in [-0.3, -0.25) is 0 Å². The van der Waals surface area contributed by atoms with E-state index in [-0.39, 0.29) is 0 Å². The average molecular weight is 142 g/mol. The minimum atomic E-state index is -1.04. The normalized spacial score (nSPS) is 41.2. The zero-order chi connectivity index (χ0) is 7.61. The topological polar surface area (TPSA) is 0 Å². The van der Waals surface area contributed by atoms with Crippen molar-refractivity contribution in [1.82, 2.24) is 0 Å². The summed E-state index contributed by atoms with van der Waals surface area (Å²) in [6.07, 6.45) is 4.86. The Morgan fingerprint density at radius 1 is 1.50 bits per heavy atom. The molecule has 0 aromatic heterocycles. The molecule has 0 aromatic rings. The van der Waals surface area contributed by atoms with Gasteiger partial charge in [0, 0.05) is 0 Å². The van der Waals surface area contributed by atoms with Gasteiger partial charge in [0.05, 0.1) is 0 Å². The third-order valence-electron chi connectivity index (χ3n) is 2.47. The summed E-state index contributed by atoms with van der Waals surface area (Å²) in [6, 6.07) is 0. The van der Waals surface area contributed by atoms with Crippen molar-refractivity contribution in [2.45, 2.75) is 38.3 Å². The second-order valence-electron chi connectivity index (χ2n) is 3.42. The fraction of sp³-hybridized carbons (Fsp3) is 0.778. The fourth-order valence-electron chi connectivity index (χ4n) is 1.45. The van der Waals surface area contributed by atoms with Crippen LogP contribution in [0.4, 0.5) is 4.39 Å². The van der Waals surface area contributed by atoms with Crippen LogP contribution >= 0.6 is 0 Å². The minimum Gasteiger partial charge on any atom is -0.239 e. The van der Waals surface area contributed by atoms with E-state index in [0.717, 1.165) is 12.8 Å². The summed E-state index contributed by atoms with van der Waals surface area (Å²) in [5, 5.41) is 0. The first-order valence-corrected chi connectivity index (χ1v) is 3.99. The van der Waals surface area contributed by atoms with Crippen molar-refractivity contribution in [3.05, 3.63) is 12.7 Å². The van der Waals surface area contributed by atoms with Crippen LogP contribution in [0.1, 0.15) is 32.6 Å². The van der Waals surface area contributed by atoms with Crippen LogP contribution in [-0.4, -0.2) is 5.67 Å². The van der Waals surface area contributed by atoms with Gasteiger partial charge in [-0.1, -0.05) is 19.6 Å². The van der Waals surface area contributed by atoms with Crippen molar-refractivity contribution in [2.75, 3.05) is 0 Å². The van der Waals surface area contributed by atoms with E-state index >= 15 is 0 Å². The molecule has 1 fully saturated rings. The Morgan fingerprint density at radius 3 is 2.40 bits per heavy atom. The van der Waals surface area contributed by atoms with E-state index in [1.54, 1.807) is 0 Å². The largest absolute Gasteiger partial charge is 0.239 e. The highest BCUT2D eigenvalue weighted by Gasteiger charge is 2.30. The molecule has 10 heavy (non-hydrogen) atoms. The number of hydrogen-bond acceptors (Lipinski definition) is 0. The fourth-order valence-corrected chi connectivity index (χ4v) is 1.45. The van der Waals surface area contributed by atoms with Crippen molar-refractivity contribution in [1.29, 1.82) is 0 Å². The molecule has 0 spiro atoms. The molecule has 1 rings (SSSR count). The summed E-state index contributed by atoms with van der Waals surface area (Å²) >= 11 is 0. The lowest BCUT2D eigenvalue weighted by Gasteiger charge is -2.29. The van der Waals surface area contributed by atoms with E-state index in [0.29, 0.717) is 18.8 Å². The Hall–Kier alpha value is -0.330. The highest BCUT2D eigenvalue weighted by atomic mass is 19.1. The van der Waals surface area contributed by atoms with E-state index in [2.05, 4.69) is 13.5 Å². The van der Waals surface area contributed by atoms with Crippen LogP contribution in [0.3, 0.4) is 0 Å². The Morgan fingerprint density at radius 2 is 2.00 bits per heavy atom. The Kier molecular flexibility index (Phi) is 2.12. The molecule has 0 unspecified atom stereocenters. The molecule has 0 N–H and O–H groups in total. The Bertz CT molecular complexity index is 121. The standard InChI is InChI=1S/C9H15F/c1-3-9(10)6-4-8(2)5-7-9/h3,8H,1,4-7H2,2H3. The molecule has 0 aromatic carbocycles. The molecule has 0 atom stereocenters. The maximum atomic E-state index is 13.4. The van der Waals surface area contributed by atoms with Gasteiger partial charge < -0.3 is 0 Å². The molecule has 0 amide bonds. The van der Waals surface area contributed by atoms with Crippen molar-refractivity contribution in [2.24, 2.45) is 5.92 Å². The minimum absolute atomic E-state index is 0.678. The number of allylic oxidation sites excluding steroid dienone is 1. The number of rotatable bonds is 1. The zero-order valence-electron chi connectivity index (χ0n) is 6.57. The Labute approximate surface area is 62.1 Å². The lowest BCUT2D eigenvalue weighted by Crippen LogP contribution is -2.25. The van der Waals surface area contributed by atoms with Crippen molar-refractivity contribution in [3.63, 3.8) is 0 Å². The van der Waals surface area contributed by atoms with E-state index in [1.165, 1.54) is 6.08 Å². The third-order valence-corrected chi connectivity index (χ3v) is 2.47. The van der Waals surface area contributed by atoms with Crippen LogP contribution in [0.15, 0.2) is 12.7 Å². The van der Waals surface area contributed by atoms with Crippen LogP contribution in [-0.2, 0) is 0 Å². The van der Waals surface area contributed by atoms with Gasteiger partial charge in [-0.05, 0) is 31.6 Å². The summed E-state index contributed by atoms with van der Waals surface area (Å²) < 4.78 is 13.4. The van der Waals surface area contributed by atoms with Crippen LogP contribution < -0.4 is 0 Å². The predicted octanol–water partition coefficient (Wildman–Crippen LogP) is 3.09. The monoisotopic (exact) mass is 142 g/mol. The first-order chi connectivity index (χ1) is 4.66. The summed E-state index contributed by atoms with van der Waals surface area (Å²) in [5.74, 6) is 0.712. The van der Waals surface area contributed by atoms with Gasteiger partial charge in [0.15, 0.2) is 0 Å². The van der Waals surface area contributed by atoms with E-state index in [4.69, 9.17) is 0 Å². The molecule has 0 nitrogen and oxygen atoms in total. The first-order valence-electron chi connectivity index (χ1n) is 3.99. The highest BCUT2D eigenvalue weighted by molar-refractivity contribution is 4.98. The summed E-state index contributed by atoms with van der Waals surface area (Å²) in [5.41, 5.74) is -1.04. The molecule has 0 bridgehead atoms. The molecule has 1 aliphatic rings. The van der Waals surface area contributed by atoms with Crippen molar-refractivity contribution < 1.29 is 4.39 Å². The number of halogens is 1. The average Bonchev–Trinajstić information content (AvgIpc) is 1.96.